The standard InChI is InChI=1S/C22H18O/c1-15-2-5-19-12-16(3-6-18(19)10-15)11-17-4-7-21-14-22(23)9-8-20(21)13-17/h2-10,12-14,23H,11H2,1H3. The predicted octanol–water partition coefficient (Wildman–Crippen LogP) is 5.60. The second kappa shape index (κ2) is 5.44. The third-order valence-corrected chi connectivity index (χ3v) is 4.36. The molecule has 4 aromatic rings. The van der Waals surface area contributed by atoms with E-state index in [1.807, 2.05) is 6.07 Å². The lowest BCUT2D eigenvalue weighted by molar-refractivity contribution is 0.476. The van der Waals surface area contributed by atoms with E-state index in [1.54, 1.807) is 12.1 Å². The van der Waals surface area contributed by atoms with Crippen molar-refractivity contribution in [3.63, 3.8) is 0 Å². The van der Waals surface area contributed by atoms with E-state index >= 15 is 0 Å². The molecule has 1 nitrogen and oxygen atoms in total. The quantitative estimate of drug-likeness (QED) is 0.511. The van der Waals surface area contributed by atoms with Gasteiger partial charge in [-0.2, -0.15) is 0 Å². The van der Waals surface area contributed by atoms with E-state index in [4.69, 9.17) is 0 Å². The molecule has 112 valence electrons. The first kappa shape index (κ1) is 13.8. The molecule has 0 bridgehead atoms. The molecule has 0 aliphatic rings. The second-order valence-electron chi connectivity index (χ2n) is 6.23. The van der Waals surface area contributed by atoms with Crippen molar-refractivity contribution in [2.45, 2.75) is 13.3 Å². The Labute approximate surface area is 135 Å². The van der Waals surface area contributed by atoms with Gasteiger partial charge in [-0.05, 0) is 58.1 Å². The van der Waals surface area contributed by atoms with Crippen LogP contribution in [0.2, 0.25) is 0 Å². The Morgan fingerprint density at radius 1 is 0.609 bits per heavy atom. The van der Waals surface area contributed by atoms with Gasteiger partial charge in [0.05, 0.1) is 0 Å². The average Bonchev–Trinajstić information content (AvgIpc) is 2.55. The number of phenols is 1. The number of aromatic hydroxyl groups is 1. The fourth-order valence-electron chi connectivity index (χ4n) is 3.15. The Kier molecular flexibility index (Phi) is 3.27. The minimum atomic E-state index is 0.315. The third kappa shape index (κ3) is 2.78. The fourth-order valence-corrected chi connectivity index (χ4v) is 3.15. The summed E-state index contributed by atoms with van der Waals surface area (Å²) in [5.41, 5.74) is 3.90. The van der Waals surface area contributed by atoms with E-state index in [1.165, 1.54) is 27.5 Å². The molecule has 23 heavy (non-hydrogen) atoms. The van der Waals surface area contributed by atoms with Crippen molar-refractivity contribution in [1.29, 1.82) is 0 Å². The summed E-state index contributed by atoms with van der Waals surface area (Å²) < 4.78 is 0. The summed E-state index contributed by atoms with van der Waals surface area (Å²) in [6.45, 7) is 2.13. The van der Waals surface area contributed by atoms with Crippen LogP contribution in [-0.2, 0) is 6.42 Å². The minimum absolute atomic E-state index is 0.315. The van der Waals surface area contributed by atoms with Crippen LogP contribution in [0.1, 0.15) is 16.7 Å². The van der Waals surface area contributed by atoms with Gasteiger partial charge in [-0.15, -0.1) is 0 Å². The summed E-state index contributed by atoms with van der Waals surface area (Å²) in [5, 5.41) is 14.4. The topological polar surface area (TPSA) is 20.2 Å². The Morgan fingerprint density at radius 2 is 1.13 bits per heavy atom. The summed E-state index contributed by atoms with van der Waals surface area (Å²) >= 11 is 0. The molecular formula is C22H18O. The van der Waals surface area contributed by atoms with Gasteiger partial charge >= 0.3 is 0 Å². The lowest BCUT2D eigenvalue weighted by atomic mass is 9.98. The number of phenolic OH excluding ortho intramolecular Hbond substituents is 1. The number of benzene rings is 4. The Balaban J connectivity index is 1.69. The highest BCUT2D eigenvalue weighted by molar-refractivity contribution is 5.85. The van der Waals surface area contributed by atoms with Gasteiger partial charge in [0.15, 0.2) is 0 Å². The number of fused-ring (bicyclic) bond motifs is 2. The van der Waals surface area contributed by atoms with E-state index in [-0.39, 0.29) is 0 Å². The van der Waals surface area contributed by atoms with E-state index in [0.717, 1.165) is 17.2 Å². The highest BCUT2D eigenvalue weighted by atomic mass is 16.3. The maximum atomic E-state index is 9.55. The Bertz CT molecular complexity index is 931. The molecule has 0 amide bonds. The van der Waals surface area contributed by atoms with Crippen molar-refractivity contribution >= 4 is 21.5 Å². The summed E-state index contributed by atoms with van der Waals surface area (Å²) in [6.07, 6.45) is 0.917. The molecule has 0 heterocycles. The highest BCUT2D eigenvalue weighted by Crippen LogP contribution is 2.24. The maximum absolute atomic E-state index is 9.55. The van der Waals surface area contributed by atoms with Crippen molar-refractivity contribution in [2.75, 3.05) is 0 Å². The largest absolute Gasteiger partial charge is 0.508 e. The van der Waals surface area contributed by atoms with Crippen LogP contribution in [0, 0.1) is 6.92 Å². The lowest BCUT2D eigenvalue weighted by Crippen LogP contribution is -1.89. The van der Waals surface area contributed by atoms with E-state index < -0.39 is 0 Å². The van der Waals surface area contributed by atoms with Gasteiger partial charge in [0.25, 0.3) is 0 Å². The normalized spacial score (nSPS) is 11.2. The number of rotatable bonds is 2. The molecule has 0 saturated heterocycles. The highest BCUT2D eigenvalue weighted by Gasteiger charge is 2.02. The van der Waals surface area contributed by atoms with E-state index in [0.29, 0.717) is 5.75 Å². The molecule has 0 aromatic heterocycles. The molecule has 4 aromatic carbocycles. The third-order valence-electron chi connectivity index (χ3n) is 4.36. The van der Waals surface area contributed by atoms with Crippen molar-refractivity contribution in [3.05, 3.63) is 89.5 Å². The first-order valence-electron chi connectivity index (χ1n) is 7.88. The predicted molar refractivity (Wildman–Crippen MR) is 97.1 cm³/mol. The van der Waals surface area contributed by atoms with Gasteiger partial charge in [0.1, 0.15) is 5.75 Å². The molecule has 0 fully saturated rings. The SMILES string of the molecule is Cc1ccc2cc(Cc3ccc4cc(O)ccc4c3)ccc2c1. The van der Waals surface area contributed by atoms with Crippen LogP contribution in [0.5, 0.6) is 5.75 Å². The van der Waals surface area contributed by atoms with Crippen LogP contribution in [-0.4, -0.2) is 5.11 Å². The van der Waals surface area contributed by atoms with Gasteiger partial charge in [-0.1, -0.05) is 66.2 Å². The first-order valence-corrected chi connectivity index (χ1v) is 7.88. The lowest BCUT2D eigenvalue weighted by Gasteiger charge is -2.07. The van der Waals surface area contributed by atoms with Crippen molar-refractivity contribution in [3.8, 4) is 5.75 Å². The number of hydrogen-bond donors (Lipinski definition) is 1. The first-order chi connectivity index (χ1) is 11.2. The van der Waals surface area contributed by atoms with Crippen LogP contribution < -0.4 is 0 Å². The molecule has 0 unspecified atom stereocenters. The number of hydrogen-bond acceptors (Lipinski definition) is 1. The average molecular weight is 298 g/mol. The van der Waals surface area contributed by atoms with Crippen LogP contribution in [0.3, 0.4) is 0 Å². The fraction of sp³-hybridized carbons (Fsp3) is 0.0909. The molecule has 0 spiro atoms. The van der Waals surface area contributed by atoms with E-state index in [9.17, 15) is 5.11 Å². The molecule has 0 radical (unpaired) electrons. The molecule has 4 rings (SSSR count). The molecular weight excluding hydrogens is 280 g/mol. The molecule has 0 aliphatic carbocycles. The molecule has 0 saturated carbocycles. The van der Waals surface area contributed by atoms with E-state index in [2.05, 4.69) is 61.5 Å². The summed E-state index contributed by atoms with van der Waals surface area (Å²) in [4.78, 5) is 0. The molecule has 1 N–H and O–H groups in total. The van der Waals surface area contributed by atoms with Gasteiger partial charge < -0.3 is 5.11 Å². The van der Waals surface area contributed by atoms with Gasteiger partial charge in [-0.25, -0.2) is 0 Å². The maximum Gasteiger partial charge on any atom is 0.116 e. The zero-order valence-electron chi connectivity index (χ0n) is 13.1. The minimum Gasteiger partial charge on any atom is -0.508 e. The monoisotopic (exact) mass is 298 g/mol. The van der Waals surface area contributed by atoms with Crippen LogP contribution >= 0.6 is 0 Å². The zero-order chi connectivity index (χ0) is 15.8. The number of aryl methyl sites for hydroxylation is 1. The summed E-state index contributed by atoms with van der Waals surface area (Å²) in [7, 11) is 0. The molecule has 1 heteroatoms. The van der Waals surface area contributed by atoms with Crippen molar-refractivity contribution < 1.29 is 5.11 Å². The summed E-state index contributed by atoms with van der Waals surface area (Å²) in [5.74, 6) is 0.315. The van der Waals surface area contributed by atoms with Crippen LogP contribution in [0.4, 0.5) is 0 Å². The van der Waals surface area contributed by atoms with Crippen LogP contribution in [0.25, 0.3) is 21.5 Å². The van der Waals surface area contributed by atoms with Crippen molar-refractivity contribution in [2.24, 2.45) is 0 Å². The summed E-state index contributed by atoms with van der Waals surface area (Å²) in [6, 6.07) is 25.2. The Morgan fingerprint density at radius 3 is 1.83 bits per heavy atom. The van der Waals surface area contributed by atoms with Crippen LogP contribution in [0.15, 0.2) is 72.8 Å². The molecule has 0 aliphatic heterocycles. The zero-order valence-corrected chi connectivity index (χ0v) is 13.1. The smallest absolute Gasteiger partial charge is 0.116 e. The Hall–Kier alpha value is -2.80. The van der Waals surface area contributed by atoms with Gasteiger partial charge in [0, 0.05) is 0 Å². The second-order valence-corrected chi connectivity index (χ2v) is 6.23. The molecule has 0 atom stereocenters. The van der Waals surface area contributed by atoms with Gasteiger partial charge in [0.2, 0.25) is 0 Å². The van der Waals surface area contributed by atoms with Crippen molar-refractivity contribution in [1.82, 2.24) is 0 Å². The van der Waals surface area contributed by atoms with Gasteiger partial charge in [-0.3, -0.25) is 0 Å².